The van der Waals surface area contributed by atoms with E-state index in [1.807, 2.05) is 36.9 Å². The lowest BCUT2D eigenvalue weighted by Gasteiger charge is -2.24. The topological polar surface area (TPSA) is 69.5 Å². The van der Waals surface area contributed by atoms with Crippen molar-refractivity contribution in [2.24, 2.45) is 4.99 Å². The molecule has 0 aromatic carbocycles. The van der Waals surface area contributed by atoms with Gasteiger partial charge in [0.25, 0.3) is 0 Å². The third-order valence-electron chi connectivity index (χ3n) is 3.15. The van der Waals surface area contributed by atoms with Crippen molar-refractivity contribution in [3.8, 4) is 0 Å². The molecule has 0 spiro atoms. The standard InChI is InChI=1S/C15H22N4OS2/c1-4-16-14(18-8-13-7-17-11(2)22-13)19-10-15(3,20)12-5-6-21-9-12/h5-7,9,20H,4,8,10H2,1-3H3,(H2,16,18,19). The first-order valence-electron chi connectivity index (χ1n) is 7.20. The van der Waals surface area contributed by atoms with Crippen LogP contribution in [0.15, 0.2) is 28.0 Å². The minimum atomic E-state index is -0.919. The Bertz CT molecular complexity index is 605. The lowest BCUT2D eigenvalue weighted by atomic mass is 9.99. The number of rotatable bonds is 6. The summed E-state index contributed by atoms with van der Waals surface area (Å²) < 4.78 is 0. The highest BCUT2D eigenvalue weighted by Crippen LogP contribution is 2.22. The van der Waals surface area contributed by atoms with Crippen LogP contribution in [0.2, 0.25) is 0 Å². The lowest BCUT2D eigenvalue weighted by Crippen LogP contribution is -2.44. The number of thiophene rings is 1. The highest BCUT2D eigenvalue weighted by molar-refractivity contribution is 7.11. The van der Waals surface area contributed by atoms with Crippen molar-refractivity contribution < 1.29 is 5.11 Å². The Kier molecular flexibility index (Phi) is 5.93. The largest absolute Gasteiger partial charge is 0.384 e. The van der Waals surface area contributed by atoms with Crippen molar-refractivity contribution in [2.75, 3.05) is 13.1 Å². The molecule has 0 aliphatic heterocycles. The van der Waals surface area contributed by atoms with E-state index in [-0.39, 0.29) is 0 Å². The third-order valence-corrected chi connectivity index (χ3v) is 4.73. The van der Waals surface area contributed by atoms with Gasteiger partial charge in [0.1, 0.15) is 5.60 Å². The fraction of sp³-hybridized carbons (Fsp3) is 0.467. The smallest absolute Gasteiger partial charge is 0.191 e. The molecule has 1 unspecified atom stereocenters. The molecule has 0 saturated carbocycles. The van der Waals surface area contributed by atoms with Gasteiger partial charge in [-0.2, -0.15) is 11.3 Å². The van der Waals surface area contributed by atoms with Crippen LogP contribution in [0.5, 0.6) is 0 Å². The Morgan fingerprint density at radius 1 is 1.45 bits per heavy atom. The molecule has 2 aromatic heterocycles. The highest BCUT2D eigenvalue weighted by atomic mass is 32.1. The van der Waals surface area contributed by atoms with Crippen LogP contribution in [0.25, 0.3) is 0 Å². The Hall–Kier alpha value is -1.44. The average molecular weight is 339 g/mol. The third kappa shape index (κ3) is 4.79. The monoisotopic (exact) mass is 338 g/mol. The van der Waals surface area contributed by atoms with Gasteiger partial charge in [0.15, 0.2) is 5.96 Å². The summed E-state index contributed by atoms with van der Waals surface area (Å²) in [6, 6.07) is 1.94. The van der Waals surface area contributed by atoms with Gasteiger partial charge in [-0.15, -0.1) is 11.3 Å². The quantitative estimate of drug-likeness (QED) is 0.559. The first-order chi connectivity index (χ1) is 10.5. The van der Waals surface area contributed by atoms with E-state index in [2.05, 4.69) is 20.6 Å². The van der Waals surface area contributed by atoms with Gasteiger partial charge in [-0.25, -0.2) is 9.98 Å². The van der Waals surface area contributed by atoms with Crippen LogP contribution in [0.3, 0.4) is 0 Å². The molecule has 0 radical (unpaired) electrons. The number of thiazole rings is 1. The molecule has 5 nitrogen and oxygen atoms in total. The molecule has 1 atom stereocenters. The summed E-state index contributed by atoms with van der Waals surface area (Å²) in [5.74, 6) is 0.698. The van der Waals surface area contributed by atoms with E-state index >= 15 is 0 Å². The summed E-state index contributed by atoms with van der Waals surface area (Å²) in [5.41, 5.74) is -0.00370. The van der Waals surface area contributed by atoms with Gasteiger partial charge in [0.2, 0.25) is 0 Å². The molecule has 2 aromatic rings. The van der Waals surface area contributed by atoms with Crippen molar-refractivity contribution in [1.82, 2.24) is 15.6 Å². The van der Waals surface area contributed by atoms with Gasteiger partial charge in [-0.1, -0.05) is 0 Å². The molecule has 0 bridgehead atoms. The van der Waals surface area contributed by atoms with Crippen LogP contribution in [-0.4, -0.2) is 29.1 Å². The van der Waals surface area contributed by atoms with Crippen molar-refractivity contribution in [3.63, 3.8) is 0 Å². The van der Waals surface area contributed by atoms with Crippen molar-refractivity contribution in [3.05, 3.63) is 38.5 Å². The van der Waals surface area contributed by atoms with E-state index < -0.39 is 5.60 Å². The number of nitrogens with zero attached hydrogens (tertiary/aromatic N) is 2. The number of hydrogen-bond donors (Lipinski definition) is 3. The second-order valence-electron chi connectivity index (χ2n) is 5.18. The number of aliphatic imine (C=N–C) groups is 1. The lowest BCUT2D eigenvalue weighted by molar-refractivity contribution is 0.0621. The molecule has 0 aliphatic rings. The summed E-state index contributed by atoms with van der Waals surface area (Å²) in [4.78, 5) is 9.89. The molecule has 3 N–H and O–H groups in total. The first kappa shape index (κ1) is 16.9. The Labute approximate surface area is 139 Å². The van der Waals surface area contributed by atoms with Crippen LogP contribution in [0.4, 0.5) is 0 Å². The molecule has 120 valence electrons. The van der Waals surface area contributed by atoms with E-state index in [9.17, 15) is 5.11 Å². The van der Waals surface area contributed by atoms with E-state index in [1.54, 1.807) is 29.6 Å². The fourth-order valence-electron chi connectivity index (χ4n) is 1.91. The van der Waals surface area contributed by atoms with E-state index in [1.165, 1.54) is 0 Å². The summed E-state index contributed by atoms with van der Waals surface area (Å²) in [6.07, 6.45) is 1.86. The second-order valence-corrected chi connectivity index (χ2v) is 7.28. The summed E-state index contributed by atoms with van der Waals surface area (Å²) in [6.45, 7) is 7.56. The molecular formula is C15H22N4OS2. The number of aliphatic hydroxyl groups is 1. The number of hydrogen-bond acceptors (Lipinski definition) is 5. The number of aryl methyl sites for hydroxylation is 1. The summed E-state index contributed by atoms with van der Waals surface area (Å²) >= 11 is 3.23. The van der Waals surface area contributed by atoms with Gasteiger partial charge < -0.3 is 15.7 Å². The number of aromatic nitrogens is 1. The molecule has 0 aliphatic carbocycles. The molecule has 0 fully saturated rings. The first-order valence-corrected chi connectivity index (χ1v) is 8.95. The molecule has 7 heteroatoms. The Morgan fingerprint density at radius 3 is 2.86 bits per heavy atom. The van der Waals surface area contributed by atoms with Crippen LogP contribution >= 0.6 is 22.7 Å². The van der Waals surface area contributed by atoms with Crippen LogP contribution in [0.1, 0.15) is 29.3 Å². The predicted molar refractivity (Wildman–Crippen MR) is 93.6 cm³/mol. The van der Waals surface area contributed by atoms with Crippen molar-refractivity contribution in [1.29, 1.82) is 0 Å². The van der Waals surface area contributed by atoms with Gasteiger partial charge in [-0.3, -0.25) is 0 Å². The molecule has 2 rings (SSSR count). The van der Waals surface area contributed by atoms with E-state index in [4.69, 9.17) is 0 Å². The normalized spacial score (nSPS) is 14.6. The van der Waals surface area contributed by atoms with Gasteiger partial charge in [0.05, 0.1) is 18.1 Å². The van der Waals surface area contributed by atoms with Gasteiger partial charge in [-0.05, 0) is 43.2 Å². The van der Waals surface area contributed by atoms with Crippen molar-refractivity contribution in [2.45, 2.75) is 32.9 Å². The molecular weight excluding hydrogens is 316 g/mol. The van der Waals surface area contributed by atoms with Crippen LogP contribution in [0, 0.1) is 6.92 Å². The zero-order chi connectivity index (χ0) is 16.0. The number of nitrogens with one attached hydrogen (secondary N) is 2. The second kappa shape index (κ2) is 7.71. The zero-order valence-corrected chi connectivity index (χ0v) is 14.7. The predicted octanol–water partition coefficient (Wildman–Crippen LogP) is 2.48. The van der Waals surface area contributed by atoms with Crippen LogP contribution < -0.4 is 10.6 Å². The maximum atomic E-state index is 10.5. The molecule has 0 saturated heterocycles. The summed E-state index contributed by atoms with van der Waals surface area (Å²) in [7, 11) is 0. The average Bonchev–Trinajstić information content (AvgIpc) is 3.13. The SMILES string of the molecule is CCNC(=NCc1cnc(C)s1)NCC(C)(O)c1ccsc1. The molecule has 22 heavy (non-hydrogen) atoms. The summed E-state index contributed by atoms with van der Waals surface area (Å²) in [5, 5.41) is 21.9. The van der Waals surface area contributed by atoms with E-state index in [0.29, 0.717) is 19.0 Å². The van der Waals surface area contributed by atoms with Gasteiger partial charge in [0, 0.05) is 17.6 Å². The minimum Gasteiger partial charge on any atom is -0.384 e. The molecule has 0 amide bonds. The van der Waals surface area contributed by atoms with E-state index in [0.717, 1.165) is 22.0 Å². The minimum absolute atomic E-state index is 0.400. The maximum Gasteiger partial charge on any atom is 0.191 e. The highest BCUT2D eigenvalue weighted by Gasteiger charge is 2.23. The molecule has 2 heterocycles. The number of guanidine groups is 1. The Balaban J connectivity index is 1.96. The van der Waals surface area contributed by atoms with Crippen molar-refractivity contribution >= 4 is 28.6 Å². The zero-order valence-electron chi connectivity index (χ0n) is 13.1. The maximum absolute atomic E-state index is 10.5. The Morgan fingerprint density at radius 2 is 2.27 bits per heavy atom. The van der Waals surface area contributed by atoms with Gasteiger partial charge >= 0.3 is 0 Å². The fourth-order valence-corrected chi connectivity index (χ4v) is 3.41. The van der Waals surface area contributed by atoms with Crippen LogP contribution in [-0.2, 0) is 12.1 Å².